The van der Waals surface area contributed by atoms with Gasteiger partial charge in [-0.05, 0) is 250 Å². The third-order valence-corrected chi connectivity index (χ3v) is 25.7. The first kappa shape index (κ1) is 82.7. The summed E-state index contributed by atoms with van der Waals surface area (Å²) in [5.41, 5.74) is 19.8. The molecule has 558 valence electrons. The molecule has 0 heterocycles. The van der Waals surface area contributed by atoms with Gasteiger partial charge in [0.25, 0.3) is 0 Å². The van der Waals surface area contributed by atoms with Gasteiger partial charge < -0.3 is 35.5 Å². The van der Waals surface area contributed by atoms with Crippen molar-refractivity contribution in [3.05, 3.63) is 141 Å². The maximum atomic E-state index is 10.2. The number of aliphatic hydroxyl groups is 6. The van der Waals surface area contributed by atoms with Crippen molar-refractivity contribution in [1.29, 1.82) is 0 Å². The molecular weight excluding hydrogens is 1240 g/mol. The Morgan fingerprint density at radius 1 is 0.470 bits per heavy atom. The van der Waals surface area contributed by atoms with Gasteiger partial charge in [0.1, 0.15) is 7.11 Å². The molecule has 0 aromatic rings. The molecule has 100 heavy (non-hydrogen) atoms. The summed E-state index contributed by atoms with van der Waals surface area (Å²) in [5.74, 6) is 3.50. The van der Waals surface area contributed by atoms with Crippen LogP contribution in [0.25, 0.3) is 0 Å². The van der Waals surface area contributed by atoms with E-state index in [1.54, 1.807) is 23.8 Å². The minimum atomic E-state index is -0.627. The molecule has 0 aromatic heterocycles. The average Bonchev–Trinajstić information content (AvgIpc) is 1.60. The molecule has 6 saturated carbocycles. The number of rotatable bonds is 19. The Labute approximate surface area is 608 Å². The van der Waals surface area contributed by atoms with Crippen LogP contribution in [0.2, 0.25) is 0 Å². The predicted octanol–water partition coefficient (Wildman–Crippen LogP) is 20.8. The van der Waals surface area contributed by atoms with Crippen molar-refractivity contribution in [3.63, 3.8) is 0 Å². The summed E-state index contributed by atoms with van der Waals surface area (Å²) in [6.07, 6.45) is 45.2. The fourth-order valence-corrected chi connectivity index (χ4v) is 19.7. The zero-order valence-electron chi connectivity index (χ0n) is 66.3. The molecule has 9 rings (SSSR count). The van der Waals surface area contributed by atoms with E-state index in [9.17, 15) is 30.6 Å². The number of allylic oxidation sites excluding steroid dienone is 15. The van der Waals surface area contributed by atoms with E-state index in [0.717, 1.165) is 103 Å². The van der Waals surface area contributed by atoms with Crippen LogP contribution in [0.15, 0.2) is 156 Å². The van der Waals surface area contributed by atoms with Gasteiger partial charge in [0.15, 0.2) is 0 Å². The molecule has 0 aromatic carbocycles. The van der Waals surface area contributed by atoms with E-state index in [-0.39, 0.29) is 32.5 Å². The van der Waals surface area contributed by atoms with Gasteiger partial charge in [-0.3, -0.25) is 9.98 Å². The van der Waals surface area contributed by atoms with Crippen molar-refractivity contribution in [3.8, 4) is 0 Å². The van der Waals surface area contributed by atoms with Crippen LogP contribution >= 0.6 is 0 Å². The quantitative estimate of drug-likeness (QED) is 0.0425. The third kappa shape index (κ3) is 20.5. The first-order chi connectivity index (χ1) is 46.9. The Hall–Kier alpha value is -4.55. The van der Waals surface area contributed by atoms with Crippen LogP contribution in [-0.4, -0.2) is 106 Å². The van der Waals surface area contributed by atoms with Crippen LogP contribution < -0.4 is 0 Å². The molecule has 9 aliphatic carbocycles. The van der Waals surface area contributed by atoms with Gasteiger partial charge in [0.2, 0.25) is 0 Å². The second-order valence-electron chi connectivity index (χ2n) is 36.1. The molecule has 0 saturated heterocycles. The highest BCUT2D eigenvalue weighted by molar-refractivity contribution is 5.90. The maximum Gasteiger partial charge on any atom is 0.106 e. The average molecular weight is 1380 g/mol. The molecule has 9 aliphatic rings. The lowest BCUT2D eigenvalue weighted by Crippen LogP contribution is -2.32. The summed E-state index contributed by atoms with van der Waals surface area (Å²) in [6.45, 7) is 47.1. The van der Waals surface area contributed by atoms with Crippen molar-refractivity contribution in [2.75, 3.05) is 21.2 Å². The van der Waals surface area contributed by atoms with Gasteiger partial charge in [0, 0.05) is 50.2 Å². The summed E-state index contributed by atoms with van der Waals surface area (Å²) >= 11 is 0. The molecule has 0 radical (unpaired) electrons. The highest BCUT2D eigenvalue weighted by Crippen LogP contribution is 2.60. The monoisotopic (exact) mass is 1380 g/mol. The molecule has 10 nitrogen and oxygen atoms in total. The normalized spacial score (nSPS) is 34.3. The van der Waals surface area contributed by atoms with Crippen molar-refractivity contribution >= 4 is 17.1 Å². The van der Waals surface area contributed by atoms with Crippen molar-refractivity contribution < 1.29 is 35.5 Å². The first-order valence-electron chi connectivity index (χ1n) is 39.4. The molecule has 10 heteroatoms. The van der Waals surface area contributed by atoms with E-state index in [1.807, 2.05) is 14.1 Å². The second kappa shape index (κ2) is 35.5. The molecule has 6 N–H and O–H groups in total. The second-order valence-corrected chi connectivity index (χ2v) is 36.1. The summed E-state index contributed by atoms with van der Waals surface area (Å²) in [6, 6.07) is 0. The number of fused-ring (bicyclic) bond motifs is 3. The SMILES string of the molecule is C=C1/C(=C\C=C2/CCC[C@]3(C)C([C@H](C)CCC/C(=N\OC)C(C)(C)C)=CC[C@@H]23)C[C@@H](O)C[C@@H]1O.C=C1/C(=C\C=C2/CCC[C@]3(C)C([C@H](C)CCCC(=NC)C(C)(C)C)=CC[C@@H]23)C[C@@H](O)C[C@@H]1O.C=C1/C(=C\C=C2/CCC[C@]3(C)C([C@H](C)CCCC(=NC)C(C)(C)C)=CC[C@@H]23)C[C@H](O)C[C@H]1O. The minimum absolute atomic E-state index is 0.0379. The zero-order valence-corrected chi connectivity index (χ0v) is 66.3. The third-order valence-electron chi connectivity index (χ3n) is 25.7. The van der Waals surface area contributed by atoms with Gasteiger partial charge in [-0.15, -0.1) is 0 Å². The van der Waals surface area contributed by atoms with Crippen LogP contribution in [-0.2, 0) is 4.84 Å². The maximum absolute atomic E-state index is 10.2. The van der Waals surface area contributed by atoms with Gasteiger partial charge in [-0.2, -0.15) is 0 Å². The van der Waals surface area contributed by atoms with Gasteiger partial charge in [-0.25, -0.2) is 0 Å². The number of aliphatic hydroxyl groups excluding tert-OH is 6. The number of aliphatic imine (C=N–C) groups is 2. The van der Waals surface area contributed by atoms with Crippen molar-refractivity contribution in [1.82, 2.24) is 0 Å². The molecule has 0 unspecified atom stereocenters. The predicted molar refractivity (Wildman–Crippen MR) is 423 cm³/mol. The molecule has 0 amide bonds. The minimum Gasteiger partial charge on any atom is -0.399 e. The lowest BCUT2D eigenvalue weighted by atomic mass is 9.62. The highest BCUT2D eigenvalue weighted by Gasteiger charge is 2.49. The van der Waals surface area contributed by atoms with E-state index in [0.29, 0.717) is 74.0 Å². The Kier molecular flexibility index (Phi) is 29.4. The Morgan fingerprint density at radius 2 is 0.740 bits per heavy atom. The Bertz CT molecular complexity index is 3110. The smallest absolute Gasteiger partial charge is 0.106 e. The van der Waals surface area contributed by atoms with Crippen molar-refractivity contribution in [2.45, 2.75) is 314 Å². The van der Waals surface area contributed by atoms with E-state index in [1.165, 1.54) is 98.8 Å². The largest absolute Gasteiger partial charge is 0.399 e. The molecule has 15 atom stereocenters. The zero-order chi connectivity index (χ0) is 73.9. The van der Waals surface area contributed by atoms with E-state index in [2.05, 4.69) is 193 Å². The van der Waals surface area contributed by atoms with Gasteiger partial charge in [-0.1, -0.05) is 217 Å². The summed E-state index contributed by atoms with van der Waals surface area (Å²) < 4.78 is 0. The lowest BCUT2D eigenvalue weighted by Gasteiger charge is -2.42. The number of hydrogen-bond acceptors (Lipinski definition) is 10. The van der Waals surface area contributed by atoms with Crippen LogP contribution in [0, 0.1) is 68.0 Å². The van der Waals surface area contributed by atoms with Crippen LogP contribution in [0.3, 0.4) is 0 Å². The van der Waals surface area contributed by atoms with Crippen molar-refractivity contribution in [2.24, 2.45) is 83.1 Å². The number of hydrogen-bond donors (Lipinski definition) is 6. The topological polar surface area (TPSA) is 168 Å². The summed E-state index contributed by atoms with van der Waals surface area (Å²) in [4.78, 5) is 14.2. The Morgan fingerprint density at radius 3 is 0.990 bits per heavy atom. The molecule has 6 fully saturated rings. The fourth-order valence-electron chi connectivity index (χ4n) is 19.7. The lowest BCUT2D eigenvalue weighted by molar-refractivity contribution is 0.0856. The molecular formula is C90H141N3O7. The van der Waals surface area contributed by atoms with Crippen LogP contribution in [0.5, 0.6) is 0 Å². The van der Waals surface area contributed by atoms with Crippen LogP contribution in [0.1, 0.15) is 277 Å². The molecule has 0 spiro atoms. The number of oxime groups is 1. The molecule has 0 aliphatic heterocycles. The number of nitrogens with zero attached hydrogens (tertiary/aromatic N) is 3. The standard InChI is InChI=1S/C30H47NO3.2C30H47NO2/c1-20(10-8-12-28(31-34-7)29(3,4)5)25-15-16-26-22(11-9-17-30(25,26)6)13-14-23-18-24(32)19-27(33)21(23)2;2*1-20(10-8-12-28(31-7)29(3,4)5)25-15-16-26-22(11-9-17-30(25,26)6)13-14-23-18-24(32)19-27(33)21(23)2/h13-15,20,24,26-27,32-33H,2,8-12,16-19H2,1,3-7H3;2*13-15,20,24,26-27,32-33H,2,8-12,16-19H2,1,3-7H3/b22-13+,23-14-,31-28+;2*22-13+,23-14-,31-28?/t20-,24-,26+,27+,30-;20-,24+,26+,27-,30-;20-,24-,26+,27+,30-/m111/s1. The Balaban J connectivity index is 0.000000211. The summed E-state index contributed by atoms with van der Waals surface area (Å²) in [7, 11) is 5.51. The summed E-state index contributed by atoms with van der Waals surface area (Å²) in [5, 5.41) is 65.1. The van der Waals surface area contributed by atoms with Gasteiger partial charge in [0.05, 0.1) is 42.3 Å². The van der Waals surface area contributed by atoms with Crippen LogP contribution in [0.4, 0.5) is 0 Å². The highest BCUT2D eigenvalue weighted by atomic mass is 16.6. The van der Waals surface area contributed by atoms with E-state index in [4.69, 9.17) is 4.84 Å². The van der Waals surface area contributed by atoms with E-state index < -0.39 is 36.6 Å². The van der Waals surface area contributed by atoms with Gasteiger partial charge >= 0.3 is 0 Å². The fraction of sp³-hybridized carbons (Fsp3) is 0.700. The first-order valence-corrected chi connectivity index (χ1v) is 39.4. The van der Waals surface area contributed by atoms with E-state index >= 15 is 0 Å². The molecule has 0 bridgehead atoms.